The molecule has 256 valence electrons. The molecule has 7 N–H and O–H groups in total. The Morgan fingerprint density at radius 3 is 2.55 bits per heavy atom. The number of hydrogen-bond donors (Lipinski definition) is 6. The van der Waals surface area contributed by atoms with Gasteiger partial charge in [0.15, 0.2) is 41.3 Å². The molecular weight excluding hydrogens is 725 g/mol. The largest absolute Gasteiger partial charge is 0.382 e. The Morgan fingerprint density at radius 2 is 1.85 bits per heavy atom. The number of nitrogens with one attached hydrogen (secondary N) is 1. The van der Waals surface area contributed by atoms with Crippen LogP contribution in [0, 0.1) is 0 Å². The summed E-state index contributed by atoms with van der Waals surface area (Å²) in [6, 6.07) is 0. The van der Waals surface area contributed by atoms with Gasteiger partial charge in [0.1, 0.15) is 30.2 Å². The third-order valence-electron chi connectivity index (χ3n) is 7.50. The van der Waals surface area contributed by atoms with E-state index in [1.54, 1.807) is 11.5 Å². The lowest BCUT2D eigenvalue weighted by Gasteiger charge is -2.30. The first-order chi connectivity index (χ1) is 22.1. The number of thiol groups is 1. The van der Waals surface area contributed by atoms with Gasteiger partial charge in [-0.25, -0.2) is 24.3 Å². The van der Waals surface area contributed by atoms with Crippen LogP contribution in [0.25, 0.3) is 22.3 Å². The van der Waals surface area contributed by atoms with Gasteiger partial charge in [0.2, 0.25) is 11.6 Å². The topological polar surface area (TPSA) is 255 Å². The van der Waals surface area contributed by atoms with Crippen LogP contribution in [0.2, 0.25) is 0 Å². The Morgan fingerprint density at radius 1 is 1.15 bits per heavy atom. The molecule has 0 saturated carbocycles. The highest BCUT2D eigenvalue weighted by Crippen LogP contribution is 2.58. The molecule has 6 rings (SSSR count). The highest BCUT2D eigenvalue weighted by atomic mass is 32.9. The minimum absolute atomic E-state index is 0.0380. The van der Waals surface area contributed by atoms with E-state index in [4.69, 9.17) is 51.1 Å². The molecule has 2 unspecified atom stereocenters. The first-order valence-corrected chi connectivity index (χ1v) is 20.0. The molecule has 0 amide bonds. The minimum Gasteiger partial charge on any atom is -0.382 e. The van der Waals surface area contributed by atoms with E-state index in [-0.39, 0.29) is 29.5 Å². The maximum Gasteiger partial charge on any atom is 0.321 e. The van der Waals surface area contributed by atoms with E-state index >= 15 is 4.39 Å². The molecule has 25 heteroatoms. The maximum absolute atomic E-state index is 16.0. The number of alkyl halides is 1. The van der Waals surface area contributed by atoms with Gasteiger partial charge in [-0.1, -0.05) is 12.2 Å². The number of aromatic nitrogens is 8. The fourth-order valence-electron chi connectivity index (χ4n) is 5.39. The summed E-state index contributed by atoms with van der Waals surface area (Å²) in [6.45, 7) is -3.18. The number of nitrogen functional groups attached to an aromatic ring is 2. The Bertz CT molecular complexity index is 1960. The number of aromatic amines is 1. The van der Waals surface area contributed by atoms with Crippen molar-refractivity contribution >= 4 is 82.4 Å². The monoisotopic (exact) mass is 754 g/mol. The van der Waals surface area contributed by atoms with Crippen molar-refractivity contribution in [3.63, 3.8) is 0 Å². The summed E-state index contributed by atoms with van der Waals surface area (Å²) in [4.78, 5) is 54.4. The van der Waals surface area contributed by atoms with Crippen molar-refractivity contribution in [2.24, 2.45) is 0 Å². The standard InChI is InChI=1S/C22H29FN10O9P2S3/c1-22(3-9(37-2)19(41-22)32-7-28-12-15(24)26-6-27-16(12)32)5-39-44(46,47)42-14-11(23)10(4-38-43(35,36)45)40-20(14)33-8-29-13-17(33)30-21(25)31-18(13)34/h6-11,14,19-20H,3-5H2,1-2H3,(H,46,47)(H2,24,26,27)(H2,35,36,45)(H3,25,30,31,34)/t9-,10-,11+,14-,19-,20-,22?/m1/s1. The second-order valence-corrected chi connectivity index (χ2v) is 18.8. The van der Waals surface area contributed by atoms with Crippen molar-refractivity contribution in [2.75, 3.05) is 31.8 Å². The first kappa shape index (κ1) is 34.6. The molecule has 0 bridgehead atoms. The Kier molecular flexibility index (Phi) is 9.50. The van der Waals surface area contributed by atoms with Gasteiger partial charge in [0.05, 0.1) is 31.5 Å². The molecular formula is C22H29FN10O9P2S3. The summed E-state index contributed by atoms with van der Waals surface area (Å²) in [5.74, 6) is -0.0150. The molecule has 19 nitrogen and oxygen atoms in total. The van der Waals surface area contributed by atoms with Crippen LogP contribution in [0.4, 0.5) is 16.2 Å². The van der Waals surface area contributed by atoms with Gasteiger partial charge in [-0.3, -0.25) is 18.9 Å². The average molecular weight is 755 g/mol. The van der Waals surface area contributed by atoms with Gasteiger partial charge in [0, 0.05) is 13.5 Å². The summed E-state index contributed by atoms with van der Waals surface area (Å²) >= 11 is 14.5. The highest BCUT2D eigenvalue weighted by molar-refractivity contribution is 8.60. The lowest BCUT2D eigenvalue weighted by molar-refractivity contribution is -0.0989. The molecule has 8 atom stereocenters. The van der Waals surface area contributed by atoms with Crippen molar-refractivity contribution in [1.29, 1.82) is 0 Å². The van der Waals surface area contributed by atoms with Crippen LogP contribution in [0.1, 0.15) is 25.8 Å². The first-order valence-electron chi connectivity index (χ1n) is 13.6. The zero-order valence-electron chi connectivity index (χ0n) is 24.4. The van der Waals surface area contributed by atoms with Crippen LogP contribution < -0.4 is 17.0 Å². The van der Waals surface area contributed by atoms with Crippen molar-refractivity contribution < 1.29 is 42.0 Å². The van der Waals surface area contributed by atoms with E-state index < -0.39 is 67.1 Å². The number of nitrogens with zero attached hydrogens (tertiary/aromatic N) is 7. The lowest BCUT2D eigenvalue weighted by Crippen LogP contribution is -2.33. The van der Waals surface area contributed by atoms with E-state index in [2.05, 4.69) is 54.0 Å². The number of hydrogen-bond acceptors (Lipinski definition) is 16. The molecule has 2 aliphatic heterocycles. The second-order valence-electron chi connectivity index (χ2n) is 10.9. The van der Waals surface area contributed by atoms with Crippen LogP contribution in [0.5, 0.6) is 0 Å². The molecule has 4 aromatic heterocycles. The van der Waals surface area contributed by atoms with Crippen LogP contribution in [0.15, 0.2) is 23.8 Å². The van der Waals surface area contributed by atoms with Gasteiger partial charge in [-0.15, -0.1) is 0 Å². The molecule has 0 aliphatic carbocycles. The number of ether oxygens (including phenoxy) is 3. The Labute approximate surface area is 279 Å². The van der Waals surface area contributed by atoms with Crippen molar-refractivity contribution in [3.05, 3.63) is 29.3 Å². The van der Waals surface area contributed by atoms with E-state index in [1.807, 2.05) is 0 Å². The number of imidazole rings is 2. The number of halogens is 1. The van der Waals surface area contributed by atoms with E-state index in [9.17, 15) is 14.6 Å². The van der Waals surface area contributed by atoms with Crippen molar-refractivity contribution in [3.8, 4) is 0 Å². The fraction of sp³-hybridized carbons (Fsp3) is 0.545. The molecule has 2 aliphatic rings. The fourth-order valence-corrected chi connectivity index (χ4v) is 7.90. The van der Waals surface area contributed by atoms with Crippen molar-refractivity contribution in [2.45, 2.75) is 55.9 Å². The van der Waals surface area contributed by atoms with Gasteiger partial charge >= 0.3 is 6.72 Å². The number of anilines is 2. The number of H-pyrrole nitrogens is 1. The quantitative estimate of drug-likeness (QED) is 0.0916. The van der Waals surface area contributed by atoms with Crippen LogP contribution in [-0.4, -0.2) is 99.2 Å². The van der Waals surface area contributed by atoms with Gasteiger partial charge in [-0.2, -0.15) is 4.98 Å². The molecule has 6 heterocycles. The average Bonchev–Trinajstić information content (AvgIpc) is 3.75. The SMILES string of the molecule is CO[C@@H]1CC(C)(COP(=S)(S)O[C@@H]2[C@@H](F)[C@@H](COP(O)(O)=S)O[C@H]2n2cnc3c(=O)[nH]c(N)nc32)O[C@H]1n1cnc2c(N)ncnc21. The molecule has 2 fully saturated rings. The zero-order valence-corrected chi connectivity index (χ0v) is 28.7. The lowest BCUT2D eigenvalue weighted by atomic mass is 10.0. The Hall–Kier alpha value is -2.24. The number of methoxy groups -OCH3 is 1. The normalized spacial score (nSPS) is 29.6. The summed E-state index contributed by atoms with van der Waals surface area (Å²) in [5, 5.41) is 0. The number of nitrogens with two attached hydrogens (primary N) is 2. The molecule has 0 radical (unpaired) electrons. The number of fused-ring (bicyclic) bond motifs is 2. The summed E-state index contributed by atoms with van der Waals surface area (Å²) in [6.07, 6.45) is -3.06. The van der Waals surface area contributed by atoms with Gasteiger partial charge in [0.25, 0.3) is 5.56 Å². The third kappa shape index (κ3) is 7.09. The van der Waals surface area contributed by atoms with E-state index in [0.29, 0.717) is 17.6 Å². The molecule has 4 aromatic rings. The summed E-state index contributed by atoms with van der Waals surface area (Å²) in [7, 11) is 1.53. The predicted octanol–water partition coefficient (Wildman–Crippen LogP) is 0.834. The van der Waals surface area contributed by atoms with Crippen LogP contribution >= 0.6 is 24.7 Å². The highest BCUT2D eigenvalue weighted by Gasteiger charge is 2.51. The van der Waals surface area contributed by atoms with Crippen molar-refractivity contribution in [1.82, 2.24) is 39.0 Å². The summed E-state index contributed by atoms with van der Waals surface area (Å²) < 4.78 is 53.7. The van der Waals surface area contributed by atoms with Crippen LogP contribution in [0.3, 0.4) is 0 Å². The van der Waals surface area contributed by atoms with Gasteiger partial charge in [-0.05, 0) is 30.5 Å². The molecule has 0 spiro atoms. The Balaban J connectivity index is 1.22. The third-order valence-corrected chi connectivity index (χ3v) is 10.5. The van der Waals surface area contributed by atoms with E-state index in [0.717, 1.165) is 0 Å². The molecule has 47 heavy (non-hydrogen) atoms. The second kappa shape index (κ2) is 12.9. The molecule has 2 saturated heterocycles. The smallest absolute Gasteiger partial charge is 0.321 e. The molecule has 0 aromatic carbocycles. The van der Waals surface area contributed by atoms with Gasteiger partial charge < -0.3 is 49.0 Å². The summed E-state index contributed by atoms with van der Waals surface area (Å²) in [5.41, 5.74) is 7.15. The van der Waals surface area contributed by atoms with E-state index in [1.165, 1.54) is 30.7 Å². The minimum atomic E-state index is -4.16. The van der Waals surface area contributed by atoms with Crippen LogP contribution in [-0.2, 0) is 51.4 Å². The number of rotatable bonds is 11. The predicted molar refractivity (Wildman–Crippen MR) is 174 cm³/mol. The zero-order chi connectivity index (χ0) is 33.9. The maximum atomic E-state index is 16.0.